The number of carboxylic acids is 1. The van der Waals surface area contributed by atoms with Gasteiger partial charge in [0.15, 0.2) is 0 Å². The first kappa shape index (κ1) is 15.2. The van der Waals surface area contributed by atoms with E-state index in [9.17, 15) is 25.2 Å². The van der Waals surface area contributed by atoms with Crippen molar-refractivity contribution in [3.63, 3.8) is 0 Å². The zero-order valence-electron chi connectivity index (χ0n) is 9.38. The van der Waals surface area contributed by atoms with Crippen molar-refractivity contribution < 1.29 is 40.2 Å². The molecule has 0 amide bonds. The summed E-state index contributed by atoms with van der Waals surface area (Å²) in [6, 6.07) is -1.21. The number of nitrogens with two attached hydrogens (primary N) is 1. The van der Waals surface area contributed by atoms with Crippen LogP contribution in [0.2, 0.25) is 0 Å². The predicted octanol–water partition coefficient (Wildman–Crippen LogP) is -4.05. The van der Waals surface area contributed by atoms with Gasteiger partial charge in [0.25, 0.3) is 5.79 Å². The molecule has 0 saturated carbocycles. The standard InChI is InChI=1S/C9H17NO8/c10-5-3(12)1-9(17,8(15)16)18-7(5)6(14)4(13)2-11/h3-7,11-14,17H,1-2,10H2,(H,15,16)/t3-,4-,5-,6+,7?,9-/m1/s1. The van der Waals surface area contributed by atoms with Crippen LogP contribution in [0.25, 0.3) is 0 Å². The van der Waals surface area contributed by atoms with Crippen LogP contribution in [0.5, 0.6) is 0 Å². The molecule has 1 heterocycles. The van der Waals surface area contributed by atoms with Crippen LogP contribution in [0, 0.1) is 0 Å². The highest BCUT2D eigenvalue weighted by Gasteiger charge is 2.52. The van der Waals surface area contributed by atoms with Gasteiger partial charge in [0.2, 0.25) is 0 Å². The summed E-state index contributed by atoms with van der Waals surface area (Å²) in [5.41, 5.74) is 5.51. The van der Waals surface area contributed by atoms with Crippen LogP contribution in [-0.4, -0.2) is 79.5 Å². The molecular weight excluding hydrogens is 250 g/mol. The van der Waals surface area contributed by atoms with Gasteiger partial charge in [0.1, 0.15) is 18.3 Å². The zero-order chi connectivity index (χ0) is 14.1. The van der Waals surface area contributed by atoms with Crippen LogP contribution in [0.3, 0.4) is 0 Å². The number of aliphatic hydroxyl groups excluding tert-OH is 4. The van der Waals surface area contributed by atoms with Crippen molar-refractivity contribution in [2.24, 2.45) is 5.73 Å². The quantitative estimate of drug-likeness (QED) is 0.267. The summed E-state index contributed by atoms with van der Waals surface area (Å²) < 4.78 is 4.75. The maximum absolute atomic E-state index is 10.8. The fourth-order valence-corrected chi connectivity index (χ4v) is 1.75. The second-order valence-corrected chi connectivity index (χ2v) is 4.26. The van der Waals surface area contributed by atoms with Crippen LogP contribution < -0.4 is 5.73 Å². The number of hydrogen-bond donors (Lipinski definition) is 7. The molecule has 0 aromatic rings. The van der Waals surface area contributed by atoms with Gasteiger partial charge in [-0.1, -0.05) is 0 Å². The first-order chi connectivity index (χ1) is 8.23. The summed E-state index contributed by atoms with van der Waals surface area (Å²) in [7, 11) is 0. The molecule has 1 aliphatic rings. The molecule has 1 saturated heterocycles. The number of ether oxygens (including phenoxy) is 1. The van der Waals surface area contributed by atoms with Gasteiger partial charge in [-0.15, -0.1) is 0 Å². The molecule has 0 aromatic heterocycles. The number of carboxylic acid groups (broad SMARTS) is 1. The highest BCUT2D eigenvalue weighted by atomic mass is 16.7. The van der Waals surface area contributed by atoms with Crippen molar-refractivity contribution in [3.05, 3.63) is 0 Å². The summed E-state index contributed by atoms with van der Waals surface area (Å²) in [4.78, 5) is 10.8. The van der Waals surface area contributed by atoms with E-state index < -0.39 is 55.2 Å². The molecular formula is C9H17NO8. The lowest BCUT2D eigenvalue weighted by atomic mass is 9.89. The Bertz CT molecular complexity index is 313. The molecule has 0 bridgehead atoms. The monoisotopic (exact) mass is 267 g/mol. The molecule has 1 fully saturated rings. The minimum Gasteiger partial charge on any atom is -0.477 e. The molecule has 1 rings (SSSR count). The third-order valence-electron chi connectivity index (χ3n) is 2.89. The van der Waals surface area contributed by atoms with E-state index in [0.717, 1.165) is 0 Å². The van der Waals surface area contributed by atoms with E-state index in [-0.39, 0.29) is 0 Å². The van der Waals surface area contributed by atoms with Crippen molar-refractivity contribution in [1.82, 2.24) is 0 Å². The number of carbonyl (C=O) groups is 1. The second kappa shape index (κ2) is 5.45. The number of aliphatic carboxylic acids is 1. The van der Waals surface area contributed by atoms with E-state index in [0.29, 0.717) is 0 Å². The Balaban J connectivity index is 2.92. The molecule has 9 nitrogen and oxygen atoms in total. The maximum atomic E-state index is 10.8. The molecule has 0 spiro atoms. The fourth-order valence-electron chi connectivity index (χ4n) is 1.75. The maximum Gasteiger partial charge on any atom is 0.364 e. The van der Waals surface area contributed by atoms with E-state index in [1.54, 1.807) is 0 Å². The average molecular weight is 267 g/mol. The van der Waals surface area contributed by atoms with Crippen molar-refractivity contribution in [3.8, 4) is 0 Å². The molecule has 0 aromatic carbocycles. The highest BCUT2D eigenvalue weighted by molar-refractivity contribution is 5.75. The van der Waals surface area contributed by atoms with Gasteiger partial charge in [-0.3, -0.25) is 0 Å². The minimum absolute atomic E-state index is 0.665. The summed E-state index contributed by atoms with van der Waals surface area (Å²) in [6.45, 7) is -0.810. The van der Waals surface area contributed by atoms with E-state index in [4.69, 9.17) is 20.7 Å². The van der Waals surface area contributed by atoms with Crippen molar-refractivity contribution in [2.75, 3.05) is 6.61 Å². The Labute approximate surface area is 102 Å². The highest BCUT2D eigenvalue weighted by Crippen LogP contribution is 2.29. The number of rotatable bonds is 4. The fraction of sp³-hybridized carbons (Fsp3) is 0.889. The van der Waals surface area contributed by atoms with E-state index in [1.165, 1.54) is 0 Å². The molecule has 8 N–H and O–H groups in total. The van der Waals surface area contributed by atoms with Gasteiger partial charge < -0.3 is 41.1 Å². The second-order valence-electron chi connectivity index (χ2n) is 4.26. The smallest absolute Gasteiger partial charge is 0.364 e. The Kier molecular flexibility index (Phi) is 4.61. The van der Waals surface area contributed by atoms with Crippen LogP contribution in [0.1, 0.15) is 6.42 Å². The van der Waals surface area contributed by atoms with Gasteiger partial charge >= 0.3 is 5.97 Å². The number of aliphatic hydroxyl groups is 5. The van der Waals surface area contributed by atoms with E-state index in [1.807, 2.05) is 0 Å². The average Bonchev–Trinajstić information content (AvgIpc) is 2.31. The molecule has 0 aliphatic carbocycles. The predicted molar refractivity (Wildman–Crippen MR) is 55.2 cm³/mol. The normalized spacial score (nSPS) is 40.2. The van der Waals surface area contributed by atoms with Gasteiger partial charge in [-0.05, 0) is 0 Å². The Hall–Kier alpha value is -0.810. The van der Waals surface area contributed by atoms with Crippen LogP contribution in [-0.2, 0) is 9.53 Å². The Morgan fingerprint density at radius 2 is 2.06 bits per heavy atom. The molecule has 9 heteroatoms. The largest absolute Gasteiger partial charge is 0.477 e. The SMILES string of the molecule is N[C@H]1C([C@@H](O)[C@H](O)CO)O[C@@](O)(C(=O)O)C[C@H]1O. The minimum atomic E-state index is -2.70. The van der Waals surface area contributed by atoms with Gasteiger partial charge in [0.05, 0.1) is 18.8 Å². The lowest BCUT2D eigenvalue weighted by Gasteiger charge is -2.43. The van der Waals surface area contributed by atoms with Crippen LogP contribution in [0.15, 0.2) is 0 Å². The molecule has 18 heavy (non-hydrogen) atoms. The lowest BCUT2D eigenvalue weighted by molar-refractivity contribution is -0.292. The molecule has 1 aliphatic heterocycles. The van der Waals surface area contributed by atoms with Gasteiger partial charge in [-0.2, -0.15) is 0 Å². The first-order valence-corrected chi connectivity index (χ1v) is 5.27. The van der Waals surface area contributed by atoms with Crippen molar-refractivity contribution >= 4 is 5.97 Å². The Morgan fingerprint density at radius 1 is 1.50 bits per heavy atom. The third kappa shape index (κ3) is 2.78. The van der Waals surface area contributed by atoms with Gasteiger partial charge in [-0.25, -0.2) is 4.79 Å². The molecule has 106 valence electrons. The third-order valence-corrected chi connectivity index (χ3v) is 2.89. The zero-order valence-corrected chi connectivity index (χ0v) is 9.38. The van der Waals surface area contributed by atoms with Crippen molar-refractivity contribution in [1.29, 1.82) is 0 Å². The lowest BCUT2D eigenvalue weighted by Crippen LogP contribution is -2.65. The van der Waals surface area contributed by atoms with E-state index >= 15 is 0 Å². The molecule has 1 unspecified atom stereocenters. The van der Waals surface area contributed by atoms with Crippen LogP contribution in [0.4, 0.5) is 0 Å². The van der Waals surface area contributed by atoms with Crippen LogP contribution >= 0.6 is 0 Å². The summed E-state index contributed by atoms with van der Waals surface area (Å²) in [6.07, 6.45) is -7.01. The summed E-state index contributed by atoms with van der Waals surface area (Å²) >= 11 is 0. The van der Waals surface area contributed by atoms with Crippen molar-refractivity contribution in [2.45, 2.75) is 42.7 Å². The van der Waals surface area contributed by atoms with Gasteiger partial charge in [0, 0.05) is 6.42 Å². The summed E-state index contributed by atoms with van der Waals surface area (Å²) in [5.74, 6) is -4.44. The number of hydrogen-bond acceptors (Lipinski definition) is 8. The first-order valence-electron chi connectivity index (χ1n) is 5.27. The molecule has 0 radical (unpaired) electrons. The topological polar surface area (TPSA) is 174 Å². The molecule has 6 atom stereocenters. The Morgan fingerprint density at radius 3 is 2.50 bits per heavy atom. The van der Waals surface area contributed by atoms with E-state index in [2.05, 4.69) is 0 Å². The summed E-state index contributed by atoms with van der Waals surface area (Å²) in [5, 5.41) is 55.5.